The van der Waals surface area contributed by atoms with Crippen molar-refractivity contribution in [1.82, 2.24) is 4.72 Å². The van der Waals surface area contributed by atoms with Crippen molar-refractivity contribution < 1.29 is 17.9 Å². The van der Waals surface area contributed by atoms with Crippen LogP contribution in [0.4, 0.5) is 0 Å². The van der Waals surface area contributed by atoms with Crippen molar-refractivity contribution in [2.24, 2.45) is 5.73 Å². The monoisotopic (exact) mass is 308 g/mol. The van der Waals surface area contributed by atoms with Crippen molar-refractivity contribution in [3.8, 4) is 0 Å². The Bertz CT molecular complexity index is 546. The first-order valence-electron chi connectivity index (χ1n) is 5.31. The van der Waals surface area contributed by atoms with Crippen LogP contribution in [0.3, 0.4) is 0 Å². The lowest BCUT2D eigenvalue weighted by atomic mass is 10.1. The van der Waals surface area contributed by atoms with Crippen LogP contribution in [0.15, 0.2) is 23.1 Å². The van der Waals surface area contributed by atoms with E-state index in [-0.39, 0.29) is 36.0 Å². The average Bonchev–Trinajstić information content (AvgIpc) is 2.35. The van der Waals surface area contributed by atoms with Gasteiger partial charge in [-0.15, -0.1) is 12.4 Å². The number of benzene rings is 1. The summed E-state index contributed by atoms with van der Waals surface area (Å²) in [5.41, 5.74) is 6.12. The summed E-state index contributed by atoms with van der Waals surface area (Å²) in [7, 11) is -2.40. The number of hydrogen-bond donors (Lipinski definition) is 2. The highest BCUT2D eigenvalue weighted by Gasteiger charge is 2.17. The van der Waals surface area contributed by atoms with Gasteiger partial charge in [-0.05, 0) is 24.6 Å². The Hall–Kier alpha value is -1.15. The minimum absolute atomic E-state index is 0. The van der Waals surface area contributed by atoms with E-state index in [1.54, 1.807) is 13.0 Å². The molecule has 0 saturated carbocycles. The lowest BCUT2D eigenvalue weighted by Gasteiger charge is -2.09. The van der Waals surface area contributed by atoms with E-state index in [2.05, 4.69) is 9.46 Å². The molecule has 1 aromatic rings. The fourth-order valence-corrected chi connectivity index (χ4v) is 2.45. The van der Waals surface area contributed by atoms with E-state index in [4.69, 9.17) is 5.73 Å². The molecule has 0 heterocycles. The molecule has 0 fully saturated rings. The van der Waals surface area contributed by atoms with E-state index in [0.717, 1.165) is 0 Å². The van der Waals surface area contributed by atoms with Gasteiger partial charge in [-0.3, -0.25) is 0 Å². The van der Waals surface area contributed by atoms with Crippen LogP contribution >= 0.6 is 12.4 Å². The maximum Gasteiger partial charge on any atom is 0.338 e. The van der Waals surface area contributed by atoms with Gasteiger partial charge in [0.15, 0.2) is 0 Å². The second-order valence-electron chi connectivity index (χ2n) is 3.65. The molecule has 0 atom stereocenters. The van der Waals surface area contributed by atoms with Crippen LogP contribution in [0, 0.1) is 6.92 Å². The van der Waals surface area contributed by atoms with E-state index < -0.39 is 16.0 Å². The molecule has 0 aromatic heterocycles. The molecule has 0 saturated heterocycles. The summed E-state index contributed by atoms with van der Waals surface area (Å²) in [4.78, 5) is 11.5. The molecule has 1 rings (SSSR count). The van der Waals surface area contributed by atoms with Crippen molar-refractivity contribution in [2.75, 3.05) is 20.2 Å². The third-order valence-corrected chi connectivity index (χ3v) is 3.82. The molecule has 0 unspecified atom stereocenters. The zero-order valence-electron chi connectivity index (χ0n) is 10.7. The van der Waals surface area contributed by atoms with Crippen LogP contribution < -0.4 is 10.5 Å². The molecule has 6 nitrogen and oxygen atoms in total. The minimum atomic E-state index is -3.64. The van der Waals surface area contributed by atoms with Crippen LogP contribution in [0.1, 0.15) is 15.9 Å². The topological polar surface area (TPSA) is 98.5 Å². The summed E-state index contributed by atoms with van der Waals surface area (Å²) < 4.78 is 30.6. The Morgan fingerprint density at radius 1 is 1.42 bits per heavy atom. The molecule has 0 radical (unpaired) electrons. The number of nitrogens with one attached hydrogen (secondary N) is 1. The van der Waals surface area contributed by atoms with Gasteiger partial charge in [-0.2, -0.15) is 0 Å². The molecule has 8 heteroatoms. The predicted molar refractivity (Wildman–Crippen MR) is 74.0 cm³/mol. The number of methoxy groups -OCH3 is 1. The molecule has 19 heavy (non-hydrogen) atoms. The van der Waals surface area contributed by atoms with Gasteiger partial charge in [-0.25, -0.2) is 17.9 Å². The zero-order valence-corrected chi connectivity index (χ0v) is 12.3. The Morgan fingerprint density at radius 3 is 2.58 bits per heavy atom. The van der Waals surface area contributed by atoms with Gasteiger partial charge in [0.25, 0.3) is 0 Å². The largest absolute Gasteiger partial charge is 0.465 e. The lowest BCUT2D eigenvalue weighted by Crippen LogP contribution is -2.29. The number of halogens is 1. The third-order valence-electron chi connectivity index (χ3n) is 2.36. The van der Waals surface area contributed by atoms with Crippen LogP contribution in [0.25, 0.3) is 0 Å². The number of sulfonamides is 1. The Kier molecular flexibility index (Phi) is 6.99. The normalized spacial score (nSPS) is 10.7. The van der Waals surface area contributed by atoms with Gasteiger partial charge in [-0.1, -0.05) is 6.07 Å². The molecular formula is C11H17ClN2O4S. The van der Waals surface area contributed by atoms with Crippen LogP contribution in [0.2, 0.25) is 0 Å². The number of esters is 1. The van der Waals surface area contributed by atoms with Gasteiger partial charge < -0.3 is 10.5 Å². The average molecular weight is 309 g/mol. The van der Waals surface area contributed by atoms with Crippen LogP contribution in [-0.4, -0.2) is 34.6 Å². The highest BCUT2D eigenvalue weighted by atomic mass is 35.5. The predicted octanol–water partition coefficient (Wildman–Crippen LogP) is 0.440. The Labute approximate surface area is 118 Å². The third kappa shape index (κ3) is 4.46. The molecule has 1 aromatic carbocycles. The summed E-state index contributed by atoms with van der Waals surface area (Å²) in [6.45, 7) is 2.05. The SMILES string of the molecule is COC(=O)c1cc(S(=O)(=O)NCCN)ccc1C.Cl. The molecule has 0 aliphatic rings. The summed E-state index contributed by atoms with van der Waals surface area (Å²) >= 11 is 0. The summed E-state index contributed by atoms with van der Waals surface area (Å²) in [6.07, 6.45) is 0. The maximum atomic E-state index is 11.8. The first kappa shape index (κ1) is 17.8. The number of aryl methyl sites for hydroxylation is 1. The fourth-order valence-electron chi connectivity index (χ4n) is 1.37. The highest BCUT2D eigenvalue weighted by Crippen LogP contribution is 2.16. The molecular weight excluding hydrogens is 292 g/mol. The lowest BCUT2D eigenvalue weighted by molar-refractivity contribution is 0.0599. The Balaban J connectivity index is 0.00000324. The zero-order chi connectivity index (χ0) is 13.8. The van der Waals surface area contributed by atoms with Crippen molar-refractivity contribution in [2.45, 2.75) is 11.8 Å². The van der Waals surface area contributed by atoms with E-state index >= 15 is 0 Å². The van der Waals surface area contributed by atoms with Crippen molar-refractivity contribution in [3.05, 3.63) is 29.3 Å². The number of ether oxygens (including phenoxy) is 1. The molecule has 0 bridgehead atoms. The van der Waals surface area contributed by atoms with Crippen LogP contribution in [-0.2, 0) is 14.8 Å². The van der Waals surface area contributed by atoms with Gasteiger partial charge >= 0.3 is 5.97 Å². The van der Waals surface area contributed by atoms with E-state index in [1.807, 2.05) is 0 Å². The van der Waals surface area contributed by atoms with E-state index in [9.17, 15) is 13.2 Å². The van der Waals surface area contributed by atoms with Crippen molar-refractivity contribution >= 4 is 28.4 Å². The highest BCUT2D eigenvalue weighted by molar-refractivity contribution is 7.89. The Morgan fingerprint density at radius 2 is 2.05 bits per heavy atom. The number of carbonyl (C=O) groups is 1. The number of carbonyl (C=O) groups excluding carboxylic acids is 1. The first-order valence-corrected chi connectivity index (χ1v) is 6.79. The molecule has 0 aliphatic heterocycles. The van der Waals surface area contributed by atoms with Gasteiger partial charge in [0.05, 0.1) is 17.6 Å². The maximum absolute atomic E-state index is 11.8. The minimum Gasteiger partial charge on any atom is -0.465 e. The standard InChI is InChI=1S/C11H16N2O4S.ClH/c1-8-3-4-9(7-10(8)11(14)17-2)18(15,16)13-6-5-12;/h3-4,7,13H,5-6,12H2,1-2H3;1H. The molecule has 3 N–H and O–H groups in total. The van der Waals surface area contributed by atoms with Gasteiger partial charge in [0.2, 0.25) is 10.0 Å². The second-order valence-corrected chi connectivity index (χ2v) is 5.42. The van der Waals surface area contributed by atoms with Crippen LogP contribution in [0.5, 0.6) is 0 Å². The summed E-state index contributed by atoms with van der Waals surface area (Å²) in [5.74, 6) is -0.566. The van der Waals surface area contributed by atoms with Crippen molar-refractivity contribution in [1.29, 1.82) is 0 Å². The molecule has 108 valence electrons. The van der Waals surface area contributed by atoms with E-state index in [1.165, 1.54) is 19.2 Å². The van der Waals surface area contributed by atoms with Crippen molar-refractivity contribution in [3.63, 3.8) is 0 Å². The number of rotatable bonds is 5. The molecule has 0 spiro atoms. The number of nitrogens with two attached hydrogens (primary N) is 1. The summed E-state index contributed by atoms with van der Waals surface area (Å²) in [6, 6.07) is 4.28. The smallest absolute Gasteiger partial charge is 0.338 e. The quantitative estimate of drug-likeness (QED) is 0.769. The summed E-state index contributed by atoms with van der Waals surface area (Å²) in [5, 5.41) is 0. The molecule has 0 amide bonds. The fraction of sp³-hybridized carbons (Fsp3) is 0.364. The van der Waals surface area contributed by atoms with E-state index in [0.29, 0.717) is 5.56 Å². The number of hydrogen-bond acceptors (Lipinski definition) is 5. The molecule has 0 aliphatic carbocycles. The first-order chi connectivity index (χ1) is 8.42. The second kappa shape index (κ2) is 7.44. The van der Waals surface area contributed by atoms with Gasteiger partial charge in [0.1, 0.15) is 0 Å². The van der Waals surface area contributed by atoms with Gasteiger partial charge in [0, 0.05) is 13.1 Å².